The minimum atomic E-state index is -3.91. The molecule has 1 N–H and O–H groups in total. The van der Waals surface area contributed by atoms with E-state index in [1.54, 1.807) is 12.1 Å². The zero-order valence-electron chi connectivity index (χ0n) is 10.6. The van der Waals surface area contributed by atoms with Crippen LogP contribution in [0.4, 0.5) is 11.4 Å². The van der Waals surface area contributed by atoms with Crippen LogP contribution in [0.3, 0.4) is 0 Å². The van der Waals surface area contributed by atoms with E-state index in [0.29, 0.717) is 8.95 Å². The van der Waals surface area contributed by atoms with Gasteiger partial charge < -0.3 is 0 Å². The molecule has 0 aromatic heterocycles. The molecule has 22 heavy (non-hydrogen) atoms. The van der Waals surface area contributed by atoms with Crippen molar-refractivity contribution in [2.75, 3.05) is 4.72 Å². The molecule has 0 amide bonds. The van der Waals surface area contributed by atoms with E-state index in [1.807, 2.05) is 0 Å². The van der Waals surface area contributed by atoms with Gasteiger partial charge in [0.1, 0.15) is 9.92 Å². The van der Waals surface area contributed by atoms with Crippen molar-refractivity contribution in [3.05, 3.63) is 60.5 Å². The first-order valence-corrected chi connectivity index (χ1v) is 9.07. The molecule has 116 valence electrons. The van der Waals surface area contributed by atoms with E-state index in [-0.39, 0.29) is 21.3 Å². The van der Waals surface area contributed by atoms with Crippen molar-refractivity contribution in [3.8, 4) is 0 Å². The highest BCUT2D eigenvalue weighted by Gasteiger charge is 2.20. The van der Waals surface area contributed by atoms with Crippen LogP contribution < -0.4 is 4.72 Å². The molecule has 0 aliphatic heterocycles. The van der Waals surface area contributed by atoms with Gasteiger partial charge in [-0.15, -0.1) is 0 Å². The van der Waals surface area contributed by atoms with Crippen molar-refractivity contribution in [1.82, 2.24) is 0 Å². The van der Waals surface area contributed by atoms with E-state index in [0.717, 1.165) is 6.07 Å². The summed E-state index contributed by atoms with van der Waals surface area (Å²) in [6.45, 7) is 0. The van der Waals surface area contributed by atoms with Crippen LogP contribution in [0, 0.1) is 10.1 Å². The van der Waals surface area contributed by atoms with E-state index in [9.17, 15) is 18.5 Å². The highest BCUT2D eigenvalue weighted by Crippen LogP contribution is 2.31. The Morgan fingerprint density at radius 2 is 1.82 bits per heavy atom. The number of hydrogen-bond acceptors (Lipinski definition) is 4. The number of nitrogens with one attached hydrogen (secondary N) is 1. The van der Waals surface area contributed by atoms with Gasteiger partial charge >= 0.3 is 0 Å². The summed E-state index contributed by atoms with van der Waals surface area (Å²) < 4.78 is 28.0. The van der Waals surface area contributed by atoms with Gasteiger partial charge in [0.15, 0.2) is 0 Å². The first-order valence-electron chi connectivity index (χ1n) is 5.62. The molecule has 0 bridgehead atoms. The lowest BCUT2D eigenvalue weighted by Crippen LogP contribution is -2.13. The Hall–Kier alpha value is -1.16. The zero-order valence-corrected chi connectivity index (χ0v) is 15.3. The van der Waals surface area contributed by atoms with Gasteiger partial charge in [-0.3, -0.25) is 14.8 Å². The third-order valence-electron chi connectivity index (χ3n) is 2.58. The summed E-state index contributed by atoms with van der Waals surface area (Å²) in [4.78, 5) is 10.2. The lowest BCUT2D eigenvalue weighted by atomic mass is 10.3. The number of anilines is 1. The number of nitrogens with zero attached hydrogens (tertiary/aromatic N) is 1. The third kappa shape index (κ3) is 3.78. The SMILES string of the molecule is O=[N+]([O-])c1cc(NS(=O)(=O)c2cc(Br)ccc2Br)ccc1Cl. The van der Waals surface area contributed by atoms with Gasteiger partial charge in [0, 0.05) is 15.0 Å². The van der Waals surface area contributed by atoms with Crippen LogP contribution in [0.2, 0.25) is 5.02 Å². The van der Waals surface area contributed by atoms with Gasteiger partial charge in [-0.1, -0.05) is 27.5 Å². The topological polar surface area (TPSA) is 89.3 Å². The average molecular weight is 471 g/mol. The minimum Gasteiger partial charge on any atom is -0.279 e. The van der Waals surface area contributed by atoms with Gasteiger partial charge in [-0.05, 0) is 46.3 Å². The molecule has 0 atom stereocenters. The monoisotopic (exact) mass is 468 g/mol. The van der Waals surface area contributed by atoms with Gasteiger partial charge in [0.2, 0.25) is 0 Å². The van der Waals surface area contributed by atoms with Gasteiger partial charge in [-0.25, -0.2) is 8.42 Å². The Kier molecular flexibility index (Phi) is 5.10. The Morgan fingerprint density at radius 3 is 2.45 bits per heavy atom. The summed E-state index contributed by atoms with van der Waals surface area (Å²) in [7, 11) is -3.91. The lowest BCUT2D eigenvalue weighted by molar-refractivity contribution is -0.384. The van der Waals surface area contributed by atoms with E-state index in [4.69, 9.17) is 11.6 Å². The van der Waals surface area contributed by atoms with Crippen LogP contribution >= 0.6 is 43.5 Å². The summed E-state index contributed by atoms with van der Waals surface area (Å²) in [6, 6.07) is 8.33. The molecule has 0 radical (unpaired) electrons. The van der Waals surface area contributed by atoms with Gasteiger partial charge in [0.05, 0.1) is 10.6 Å². The minimum absolute atomic E-state index is 0.000483. The molecule has 0 aliphatic rings. The molecule has 10 heteroatoms. The largest absolute Gasteiger partial charge is 0.289 e. The maximum atomic E-state index is 12.4. The van der Waals surface area contributed by atoms with Crippen LogP contribution in [0.15, 0.2) is 50.2 Å². The summed E-state index contributed by atoms with van der Waals surface area (Å²) in [5.74, 6) is 0. The zero-order chi connectivity index (χ0) is 16.5. The van der Waals surface area contributed by atoms with Crippen molar-refractivity contribution in [2.45, 2.75) is 4.90 Å². The third-order valence-corrected chi connectivity index (χ3v) is 5.77. The summed E-state index contributed by atoms with van der Waals surface area (Å²) in [5, 5.41) is 10.8. The number of nitro benzene ring substituents is 1. The molecule has 2 rings (SSSR count). The molecule has 0 aliphatic carbocycles. The Bertz CT molecular complexity index is 858. The summed E-state index contributed by atoms with van der Waals surface area (Å²) in [5.41, 5.74) is -0.335. The fourth-order valence-electron chi connectivity index (χ4n) is 1.61. The molecule has 0 saturated carbocycles. The highest BCUT2D eigenvalue weighted by molar-refractivity contribution is 9.11. The van der Waals surface area contributed by atoms with Crippen molar-refractivity contribution in [3.63, 3.8) is 0 Å². The normalized spacial score (nSPS) is 11.2. The maximum absolute atomic E-state index is 12.4. The van der Waals surface area contributed by atoms with Crippen LogP contribution in [-0.4, -0.2) is 13.3 Å². The smallest absolute Gasteiger partial charge is 0.279 e. The molecular weight excluding hydrogens is 463 g/mol. The quantitative estimate of drug-likeness (QED) is 0.524. The van der Waals surface area contributed by atoms with Gasteiger partial charge in [0.25, 0.3) is 15.7 Å². The maximum Gasteiger partial charge on any atom is 0.289 e. The molecule has 6 nitrogen and oxygen atoms in total. The van der Waals surface area contributed by atoms with Crippen molar-refractivity contribution in [1.29, 1.82) is 0 Å². The van der Waals surface area contributed by atoms with Crippen LogP contribution in [0.1, 0.15) is 0 Å². The molecule has 0 heterocycles. The second-order valence-electron chi connectivity index (χ2n) is 4.10. The van der Waals surface area contributed by atoms with Crippen molar-refractivity contribution < 1.29 is 13.3 Å². The van der Waals surface area contributed by atoms with E-state index < -0.39 is 14.9 Å². The highest BCUT2D eigenvalue weighted by atomic mass is 79.9. The average Bonchev–Trinajstić information content (AvgIpc) is 2.43. The first kappa shape index (κ1) is 17.2. The van der Waals surface area contributed by atoms with Crippen LogP contribution in [0.5, 0.6) is 0 Å². The fourth-order valence-corrected chi connectivity index (χ4v) is 4.35. The number of hydrogen-bond donors (Lipinski definition) is 1. The standard InChI is InChI=1S/C12H7Br2ClN2O4S/c13-7-1-3-9(14)12(5-7)22(20,21)16-8-2-4-10(15)11(6-8)17(18)19/h1-6,16H. The number of nitro groups is 1. The van der Waals surface area contributed by atoms with Crippen LogP contribution in [-0.2, 0) is 10.0 Å². The van der Waals surface area contributed by atoms with E-state index in [1.165, 1.54) is 18.2 Å². The molecule has 0 spiro atoms. The molecule has 0 saturated heterocycles. The number of benzene rings is 2. The van der Waals surface area contributed by atoms with E-state index in [2.05, 4.69) is 36.6 Å². The summed E-state index contributed by atoms with van der Waals surface area (Å²) >= 11 is 12.0. The Balaban J connectivity index is 2.43. The number of rotatable bonds is 4. The molecule has 2 aromatic rings. The van der Waals surface area contributed by atoms with Crippen LogP contribution in [0.25, 0.3) is 0 Å². The fraction of sp³-hybridized carbons (Fsp3) is 0. The molecule has 0 fully saturated rings. The van der Waals surface area contributed by atoms with Crippen molar-refractivity contribution >= 4 is 64.9 Å². The van der Waals surface area contributed by atoms with E-state index >= 15 is 0 Å². The summed E-state index contributed by atoms with van der Waals surface area (Å²) in [6.07, 6.45) is 0. The first-order chi connectivity index (χ1) is 10.2. The second kappa shape index (κ2) is 6.53. The molecule has 2 aromatic carbocycles. The second-order valence-corrected chi connectivity index (χ2v) is 7.93. The lowest BCUT2D eigenvalue weighted by Gasteiger charge is -2.10. The number of sulfonamides is 1. The molecular formula is C12H7Br2ClN2O4S. The Morgan fingerprint density at radius 1 is 1.14 bits per heavy atom. The Labute approximate surface area is 147 Å². The van der Waals surface area contributed by atoms with Crippen molar-refractivity contribution in [2.24, 2.45) is 0 Å². The number of halogens is 3. The molecule has 0 unspecified atom stereocenters. The van der Waals surface area contributed by atoms with Gasteiger partial charge in [-0.2, -0.15) is 0 Å². The predicted molar refractivity (Wildman–Crippen MR) is 90.8 cm³/mol. The predicted octanol–water partition coefficient (Wildman–Crippen LogP) is 4.57.